The maximum atomic E-state index is 2.54. The number of para-hydroxylation sites is 3. The highest BCUT2D eigenvalue weighted by atomic mass is 15.2. The molecule has 2 aliphatic carbocycles. The number of aromatic nitrogens is 1. The van der Waals surface area contributed by atoms with Crippen molar-refractivity contribution < 1.29 is 0 Å². The lowest BCUT2D eigenvalue weighted by atomic mass is 9.85. The Morgan fingerprint density at radius 1 is 0.681 bits per heavy atom. The van der Waals surface area contributed by atoms with Crippen LogP contribution in [0.3, 0.4) is 0 Å². The number of benzene rings is 4. The molecule has 228 valence electrons. The van der Waals surface area contributed by atoms with E-state index in [1.54, 1.807) is 0 Å². The van der Waals surface area contributed by atoms with Crippen molar-refractivity contribution in [1.82, 2.24) is 9.47 Å². The molecule has 0 amide bonds. The molecule has 3 unspecified atom stereocenters. The summed E-state index contributed by atoms with van der Waals surface area (Å²) in [7, 11) is 2.24. The maximum absolute atomic E-state index is 2.54. The van der Waals surface area contributed by atoms with Gasteiger partial charge in [-0.15, -0.1) is 0 Å². The van der Waals surface area contributed by atoms with Gasteiger partial charge in [-0.05, 0) is 72.0 Å². The third-order valence-electron chi connectivity index (χ3n) is 10.3. The van der Waals surface area contributed by atoms with E-state index in [-0.39, 0.29) is 6.04 Å². The summed E-state index contributed by atoms with van der Waals surface area (Å²) in [5, 5.41) is 2.58. The van der Waals surface area contributed by atoms with Gasteiger partial charge < -0.3 is 14.4 Å². The summed E-state index contributed by atoms with van der Waals surface area (Å²) in [6, 6.07) is 36.0. The average molecular weight is 608 g/mol. The lowest BCUT2D eigenvalue weighted by Crippen LogP contribution is -2.35. The number of hydrogen-bond donors (Lipinski definition) is 0. The molecular weight excluding hydrogens is 571 g/mol. The molecule has 0 fully saturated rings. The average Bonchev–Trinajstić information content (AvgIpc) is 3.25. The molecule has 2 aliphatic heterocycles. The molecule has 3 nitrogen and oxygen atoms in total. The first-order chi connectivity index (χ1) is 23.2. The van der Waals surface area contributed by atoms with Crippen molar-refractivity contribution in [2.45, 2.75) is 30.8 Å². The smallest absolute Gasteiger partial charge is 0.0727 e. The van der Waals surface area contributed by atoms with Crippen LogP contribution in [0.1, 0.15) is 35.9 Å². The second kappa shape index (κ2) is 11.4. The van der Waals surface area contributed by atoms with E-state index in [0.717, 1.165) is 12.8 Å². The Bertz CT molecular complexity index is 2200. The van der Waals surface area contributed by atoms with Crippen molar-refractivity contribution in [2.24, 2.45) is 0 Å². The summed E-state index contributed by atoms with van der Waals surface area (Å²) in [6.45, 7) is 0. The molecule has 3 heterocycles. The fraction of sp³-hybridized carbons (Fsp3) is 0.136. The highest BCUT2D eigenvalue weighted by molar-refractivity contribution is 6.10. The van der Waals surface area contributed by atoms with Crippen LogP contribution >= 0.6 is 0 Å². The van der Waals surface area contributed by atoms with Crippen LogP contribution in [-0.2, 0) is 0 Å². The number of nitrogens with zero attached hydrogens (tertiary/aromatic N) is 3. The minimum Gasteiger partial charge on any atom is -0.364 e. The Hall–Kier alpha value is -5.54. The summed E-state index contributed by atoms with van der Waals surface area (Å²) in [4.78, 5) is 4.98. The van der Waals surface area contributed by atoms with Crippen molar-refractivity contribution in [3.63, 3.8) is 0 Å². The fourth-order valence-electron chi connectivity index (χ4n) is 8.11. The molecule has 5 aromatic rings. The molecular formula is C44H37N3. The van der Waals surface area contributed by atoms with Gasteiger partial charge in [-0.3, -0.25) is 0 Å². The zero-order chi connectivity index (χ0) is 31.3. The van der Waals surface area contributed by atoms with Crippen LogP contribution in [-0.4, -0.2) is 22.6 Å². The highest BCUT2D eigenvalue weighted by Crippen LogP contribution is 2.45. The largest absolute Gasteiger partial charge is 0.364 e. The first-order valence-electron chi connectivity index (χ1n) is 16.8. The van der Waals surface area contributed by atoms with Crippen molar-refractivity contribution >= 4 is 38.9 Å². The van der Waals surface area contributed by atoms with E-state index in [4.69, 9.17) is 0 Å². The molecule has 2 bridgehead atoms. The normalized spacial score (nSPS) is 21.7. The van der Waals surface area contributed by atoms with Crippen LogP contribution in [0.15, 0.2) is 175 Å². The minimum absolute atomic E-state index is 0.142. The van der Waals surface area contributed by atoms with Crippen LogP contribution in [0.25, 0.3) is 27.5 Å². The number of fused-ring (bicyclic) bond motifs is 7. The molecule has 0 spiro atoms. The standard InChI is InChI=1S/C44H37N3/c1-45-40(31-14-10-17-34(28-27-31)47-43-23-8-5-20-38(43)39-21-6-9-24-44(39)47)25-12-26-41(45)33-15-11-18-36(30-33)46-35-16-3-2-13-32(29-35)37-19-4-7-22-42(37)46/h2-26,28,30,32,35,41H,27,29H2,1H3. The SMILES string of the molecule is CN1C(C2=CC=CC(n3c4ccccc4c4ccccc43)=CC2)=CC=CC1c1cccc(N2c3ccccc3C3C=CC=CC2C3)c1. The molecule has 0 saturated carbocycles. The van der Waals surface area contributed by atoms with E-state index in [1.807, 2.05) is 0 Å². The van der Waals surface area contributed by atoms with Gasteiger partial charge in [0.25, 0.3) is 0 Å². The third kappa shape index (κ3) is 4.65. The number of allylic oxidation sites excluding steroid dienone is 11. The third-order valence-corrected chi connectivity index (χ3v) is 10.3. The van der Waals surface area contributed by atoms with Crippen molar-refractivity contribution in [3.8, 4) is 0 Å². The molecule has 0 saturated heterocycles. The Kier molecular flexibility index (Phi) is 6.71. The van der Waals surface area contributed by atoms with E-state index >= 15 is 0 Å². The van der Waals surface area contributed by atoms with Crippen LogP contribution in [0.4, 0.5) is 11.4 Å². The zero-order valence-corrected chi connectivity index (χ0v) is 26.6. The first-order valence-corrected chi connectivity index (χ1v) is 16.8. The van der Waals surface area contributed by atoms with E-state index in [9.17, 15) is 0 Å². The monoisotopic (exact) mass is 607 g/mol. The minimum atomic E-state index is 0.142. The molecule has 47 heavy (non-hydrogen) atoms. The first kappa shape index (κ1) is 27.7. The summed E-state index contributed by atoms with van der Waals surface area (Å²) < 4.78 is 2.41. The molecule has 0 N–H and O–H groups in total. The van der Waals surface area contributed by atoms with Gasteiger partial charge in [0.1, 0.15) is 0 Å². The number of rotatable bonds is 4. The molecule has 4 aliphatic rings. The van der Waals surface area contributed by atoms with Gasteiger partial charge in [0, 0.05) is 46.5 Å². The Balaban J connectivity index is 1.02. The summed E-state index contributed by atoms with van der Waals surface area (Å²) in [5.74, 6) is 0.456. The van der Waals surface area contributed by atoms with Gasteiger partial charge in [0.2, 0.25) is 0 Å². The maximum Gasteiger partial charge on any atom is 0.0727 e. The van der Waals surface area contributed by atoms with Crippen molar-refractivity contribution in [1.29, 1.82) is 0 Å². The number of anilines is 2. The summed E-state index contributed by atoms with van der Waals surface area (Å²) >= 11 is 0. The Labute approximate surface area is 276 Å². The van der Waals surface area contributed by atoms with Gasteiger partial charge in [0.05, 0.1) is 23.1 Å². The van der Waals surface area contributed by atoms with Gasteiger partial charge in [0.15, 0.2) is 0 Å². The lowest BCUT2D eigenvalue weighted by Gasteiger charge is -2.40. The number of likely N-dealkylation sites (N-methyl/N-ethyl adjacent to an activating group) is 1. The van der Waals surface area contributed by atoms with E-state index in [2.05, 4.69) is 185 Å². The van der Waals surface area contributed by atoms with Gasteiger partial charge in [-0.2, -0.15) is 0 Å². The second-order valence-electron chi connectivity index (χ2n) is 12.9. The number of hydrogen-bond acceptors (Lipinski definition) is 2. The fourth-order valence-corrected chi connectivity index (χ4v) is 8.11. The van der Waals surface area contributed by atoms with Crippen molar-refractivity contribution in [3.05, 3.63) is 186 Å². The molecule has 0 radical (unpaired) electrons. The zero-order valence-electron chi connectivity index (χ0n) is 26.6. The molecule has 3 heteroatoms. The predicted molar refractivity (Wildman–Crippen MR) is 198 cm³/mol. The van der Waals surface area contributed by atoms with E-state index in [1.165, 1.54) is 61.3 Å². The van der Waals surface area contributed by atoms with Crippen LogP contribution in [0.5, 0.6) is 0 Å². The van der Waals surface area contributed by atoms with Crippen LogP contribution < -0.4 is 4.90 Å². The van der Waals surface area contributed by atoms with Gasteiger partial charge in [-0.25, -0.2) is 0 Å². The lowest BCUT2D eigenvalue weighted by molar-refractivity contribution is 0.361. The molecule has 3 atom stereocenters. The van der Waals surface area contributed by atoms with Gasteiger partial charge in [-0.1, -0.05) is 121 Å². The topological polar surface area (TPSA) is 11.4 Å². The highest BCUT2D eigenvalue weighted by Gasteiger charge is 2.32. The molecule has 4 aromatic carbocycles. The summed E-state index contributed by atoms with van der Waals surface area (Å²) in [5.41, 5.74) is 11.5. The quantitative estimate of drug-likeness (QED) is 0.201. The molecule has 1 aromatic heterocycles. The van der Waals surface area contributed by atoms with Crippen LogP contribution in [0.2, 0.25) is 0 Å². The predicted octanol–water partition coefficient (Wildman–Crippen LogP) is 10.8. The second-order valence-corrected chi connectivity index (χ2v) is 12.9. The van der Waals surface area contributed by atoms with Crippen LogP contribution in [0, 0.1) is 0 Å². The van der Waals surface area contributed by atoms with E-state index < -0.39 is 0 Å². The Morgan fingerprint density at radius 2 is 1.45 bits per heavy atom. The van der Waals surface area contributed by atoms with Gasteiger partial charge >= 0.3 is 0 Å². The van der Waals surface area contributed by atoms with Crippen molar-refractivity contribution in [2.75, 3.05) is 11.9 Å². The summed E-state index contributed by atoms with van der Waals surface area (Å²) in [6.07, 6.45) is 27.1. The van der Waals surface area contributed by atoms with E-state index in [0.29, 0.717) is 12.0 Å². The molecule has 9 rings (SSSR count). The Morgan fingerprint density at radius 3 is 2.30 bits per heavy atom.